The third-order valence-corrected chi connectivity index (χ3v) is 6.08. The fraction of sp³-hybridized carbons (Fsp3) is 0.350. The van der Waals surface area contributed by atoms with Crippen molar-refractivity contribution in [2.24, 2.45) is 0 Å². The fourth-order valence-corrected chi connectivity index (χ4v) is 4.50. The summed E-state index contributed by atoms with van der Waals surface area (Å²) in [5.74, 6) is -1.46. The van der Waals surface area contributed by atoms with Crippen LogP contribution in [0.3, 0.4) is 0 Å². The average molecular weight is 448 g/mol. The summed E-state index contributed by atoms with van der Waals surface area (Å²) in [5, 5.41) is 4.18. The number of nitrogens with zero attached hydrogens (tertiary/aromatic N) is 6. The maximum atomic E-state index is 13.0. The Morgan fingerprint density at radius 1 is 1.16 bits per heavy atom. The third kappa shape index (κ3) is 3.97. The van der Waals surface area contributed by atoms with E-state index in [0.29, 0.717) is 35.0 Å². The highest BCUT2D eigenvalue weighted by atomic mass is 32.1. The number of alkyl halides is 3. The minimum absolute atomic E-state index is 0.109. The fourth-order valence-electron chi connectivity index (χ4n) is 3.45. The van der Waals surface area contributed by atoms with Crippen LogP contribution in [-0.2, 0) is 17.4 Å². The molecule has 0 aliphatic rings. The van der Waals surface area contributed by atoms with Gasteiger partial charge in [-0.2, -0.15) is 18.2 Å². The molecule has 0 aliphatic heterocycles. The highest BCUT2D eigenvalue weighted by Gasteiger charge is 2.37. The normalized spacial score (nSPS) is 12.1. The highest BCUT2D eigenvalue weighted by Crippen LogP contribution is 2.30. The number of anilines is 1. The van der Waals surface area contributed by atoms with Crippen LogP contribution < -0.4 is 4.90 Å². The van der Waals surface area contributed by atoms with E-state index in [1.165, 1.54) is 11.3 Å². The minimum atomic E-state index is -4.65. The Morgan fingerprint density at radius 2 is 1.90 bits per heavy atom. The quantitative estimate of drug-likeness (QED) is 0.454. The molecule has 0 aliphatic carbocycles. The average Bonchev–Trinajstić information content (AvgIpc) is 3.32. The molecular formula is C20H19F3N6OS. The number of benzene rings is 1. The molecule has 0 saturated carbocycles. The molecular weight excluding hydrogens is 429 g/mol. The van der Waals surface area contributed by atoms with Crippen LogP contribution in [-0.4, -0.2) is 37.0 Å². The maximum absolute atomic E-state index is 13.0. The van der Waals surface area contributed by atoms with Gasteiger partial charge in [-0.15, -0.1) is 5.10 Å². The molecule has 0 bridgehead atoms. The number of thiazole rings is 1. The number of carbonyl (C=O) groups excluding carboxylic acids is 1. The lowest BCUT2D eigenvalue weighted by Gasteiger charge is -2.18. The van der Waals surface area contributed by atoms with E-state index in [-0.39, 0.29) is 18.1 Å². The van der Waals surface area contributed by atoms with Gasteiger partial charge in [-0.05, 0) is 44.9 Å². The van der Waals surface area contributed by atoms with E-state index in [1.54, 1.807) is 18.7 Å². The Balaban J connectivity index is 1.58. The topological polar surface area (TPSA) is 76.3 Å². The summed E-state index contributed by atoms with van der Waals surface area (Å²) in [6, 6.07) is 7.67. The molecule has 3 heterocycles. The van der Waals surface area contributed by atoms with Gasteiger partial charge in [-0.25, -0.2) is 14.5 Å². The summed E-state index contributed by atoms with van der Waals surface area (Å²) in [6.45, 7) is 5.69. The van der Waals surface area contributed by atoms with Gasteiger partial charge in [-0.1, -0.05) is 23.5 Å². The first-order valence-electron chi connectivity index (χ1n) is 9.65. The number of rotatable bonds is 5. The summed E-state index contributed by atoms with van der Waals surface area (Å²) >= 11 is 1.45. The zero-order chi connectivity index (χ0) is 22.3. The van der Waals surface area contributed by atoms with Crippen LogP contribution in [0.15, 0.2) is 24.3 Å². The van der Waals surface area contributed by atoms with E-state index in [0.717, 1.165) is 14.7 Å². The van der Waals surface area contributed by atoms with Crippen molar-refractivity contribution in [1.82, 2.24) is 24.6 Å². The van der Waals surface area contributed by atoms with E-state index in [1.807, 2.05) is 31.2 Å². The van der Waals surface area contributed by atoms with Gasteiger partial charge in [0.15, 0.2) is 5.13 Å². The van der Waals surface area contributed by atoms with Gasteiger partial charge in [0, 0.05) is 24.4 Å². The van der Waals surface area contributed by atoms with E-state index >= 15 is 0 Å². The summed E-state index contributed by atoms with van der Waals surface area (Å²) in [6.07, 6.45) is -4.16. The van der Waals surface area contributed by atoms with E-state index in [9.17, 15) is 18.0 Å². The molecule has 4 rings (SSSR count). The Hall–Kier alpha value is -3.08. The predicted octanol–water partition coefficient (Wildman–Crippen LogP) is 4.36. The number of fused-ring (bicyclic) bond motifs is 2. The molecule has 0 N–H and O–H groups in total. The van der Waals surface area contributed by atoms with Crippen LogP contribution in [0.2, 0.25) is 0 Å². The summed E-state index contributed by atoms with van der Waals surface area (Å²) in [4.78, 5) is 26.7. The van der Waals surface area contributed by atoms with Gasteiger partial charge < -0.3 is 0 Å². The maximum Gasteiger partial charge on any atom is 0.453 e. The SMILES string of the molecule is CCN(C(=O)CCc1c(C)nc2nc(C(F)(F)F)nn2c1C)c1nc2ccccc2s1. The van der Waals surface area contributed by atoms with Crippen LogP contribution in [0.25, 0.3) is 16.0 Å². The Morgan fingerprint density at radius 3 is 2.58 bits per heavy atom. The molecule has 11 heteroatoms. The number of para-hydroxylation sites is 1. The van der Waals surface area contributed by atoms with Crippen molar-refractivity contribution in [3.05, 3.63) is 47.0 Å². The molecule has 0 saturated heterocycles. The van der Waals surface area contributed by atoms with Crippen molar-refractivity contribution in [3.8, 4) is 0 Å². The van der Waals surface area contributed by atoms with Crippen LogP contribution in [0.5, 0.6) is 0 Å². The third-order valence-electron chi connectivity index (χ3n) is 5.02. The second-order valence-electron chi connectivity index (χ2n) is 7.01. The van der Waals surface area contributed by atoms with Gasteiger partial charge in [0.1, 0.15) is 0 Å². The molecule has 162 valence electrons. The van der Waals surface area contributed by atoms with Crippen molar-refractivity contribution in [2.45, 2.75) is 39.8 Å². The van der Waals surface area contributed by atoms with E-state index in [4.69, 9.17) is 0 Å². The molecule has 31 heavy (non-hydrogen) atoms. The molecule has 1 aromatic carbocycles. The molecule has 0 unspecified atom stereocenters. The number of halogens is 3. The van der Waals surface area contributed by atoms with Crippen molar-refractivity contribution < 1.29 is 18.0 Å². The second-order valence-corrected chi connectivity index (χ2v) is 8.02. The first kappa shape index (κ1) is 21.2. The zero-order valence-electron chi connectivity index (χ0n) is 17.1. The largest absolute Gasteiger partial charge is 0.453 e. The molecule has 3 aromatic heterocycles. The van der Waals surface area contributed by atoms with Gasteiger partial charge in [0.05, 0.1) is 10.2 Å². The van der Waals surface area contributed by atoms with Crippen LogP contribution in [0.1, 0.15) is 36.1 Å². The molecule has 0 spiro atoms. The van der Waals surface area contributed by atoms with Crippen molar-refractivity contribution in [3.63, 3.8) is 0 Å². The summed E-state index contributed by atoms with van der Waals surface area (Å²) in [7, 11) is 0. The summed E-state index contributed by atoms with van der Waals surface area (Å²) in [5.41, 5.74) is 2.53. The van der Waals surface area contributed by atoms with Crippen molar-refractivity contribution in [1.29, 1.82) is 0 Å². The molecule has 0 fully saturated rings. The summed E-state index contributed by atoms with van der Waals surface area (Å²) < 4.78 is 41.0. The second kappa shape index (κ2) is 7.88. The molecule has 0 atom stereocenters. The molecule has 4 aromatic rings. The van der Waals surface area contributed by atoms with Gasteiger partial charge in [0.25, 0.3) is 11.6 Å². The van der Waals surface area contributed by atoms with Crippen LogP contribution >= 0.6 is 11.3 Å². The highest BCUT2D eigenvalue weighted by molar-refractivity contribution is 7.22. The van der Waals surface area contributed by atoms with Gasteiger partial charge in [-0.3, -0.25) is 9.69 Å². The first-order valence-corrected chi connectivity index (χ1v) is 10.5. The smallest absolute Gasteiger partial charge is 0.288 e. The molecule has 7 nitrogen and oxygen atoms in total. The number of amides is 1. The molecule has 0 radical (unpaired) electrons. The van der Waals surface area contributed by atoms with Gasteiger partial charge in [0.2, 0.25) is 5.91 Å². The molecule has 1 amide bonds. The monoisotopic (exact) mass is 448 g/mol. The van der Waals surface area contributed by atoms with E-state index in [2.05, 4.69) is 20.1 Å². The van der Waals surface area contributed by atoms with Crippen LogP contribution in [0.4, 0.5) is 18.3 Å². The van der Waals surface area contributed by atoms with Crippen LogP contribution in [0, 0.1) is 13.8 Å². The van der Waals surface area contributed by atoms with Gasteiger partial charge >= 0.3 is 6.18 Å². The number of aromatic nitrogens is 5. The zero-order valence-corrected chi connectivity index (χ0v) is 17.9. The Kier molecular flexibility index (Phi) is 5.38. The van der Waals surface area contributed by atoms with E-state index < -0.39 is 12.0 Å². The number of aryl methyl sites for hydroxylation is 2. The number of hydrogen-bond donors (Lipinski definition) is 0. The predicted molar refractivity (Wildman–Crippen MR) is 111 cm³/mol. The first-order chi connectivity index (χ1) is 14.7. The minimum Gasteiger partial charge on any atom is -0.288 e. The standard InChI is InChI=1S/C20H19F3N6OS/c1-4-28(19-25-14-7-5-6-8-15(14)31-19)16(30)10-9-13-11(2)24-18-26-17(20(21,22)23)27-29(18)12(13)3/h5-8H,4,9-10H2,1-3H3. The Bertz CT molecular complexity index is 1250. The lowest BCUT2D eigenvalue weighted by molar-refractivity contribution is -0.144. The van der Waals surface area contributed by atoms with Crippen molar-refractivity contribution in [2.75, 3.05) is 11.4 Å². The number of hydrogen-bond acceptors (Lipinski definition) is 6. The lowest BCUT2D eigenvalue weighted by Crippen LogP contribution is -2.30. The van der Waals surface area contributed by atoms with Crippen molar-refractivity contribution >= 4 is 38.4 Å². The lowest BCUT2D eigenvalue weighted by atomic mass is 10.1. The Labute approximate surface area is 179 Å². The number of carbonyl (C=O) groups is 1.